The fourth-order valence-electron chi connectivity index (χ4n) is 3.60. The van der Waals surface area contributed by atoms with Crippen LogP contribution in [0.15, 0.2) is 65.2 Å². The van der Waals surface area contributed by atoms with Gasteiger partial charge in [0.25, 0.3) is 0 Å². The first-order chi connectivity index (χ1) is 13.6. The molecule has 3 heterocycles. The first-order valence-corrected chi connectivity index (χ1v) is 9.41. The summed E-state index contributed by atoms with van der Waals surface area (Å²) in [4.78, 5) is 18.1. The van der Waals surface area contributed by atoms with Crippen molar-refractivity contribution in [3.05, 3.63) is 77.8 Å². The minimum atomic E-state index is -0.987. The van der Waals surface area contributed by atoms with Crippen molar-refractivity contribution < 1.29 is 14.3 Å². The number of aromatic carboxylic acids is 1. The molecule has 2 atom stereocenters. The second kappa shape index (κ2) is 7.44. The van der Waals surface area contributed by atoms with Crippen LogP contribution < -0.4 is 5.32 Å². The van der Waals surface area contributed by atoms with Gasteiger partial charge in [-0.3, -0.25) is 4.98 Å². The summed E-state index contributed by atoms with van der Waals surface area (Å²) in [5, 5.41) is 13.5. The summed E-state index contributed by atoms with van der Waals surface area (Å²) in [5.41, 5.74) is 1.62. The van der Waals surface area contributed by atoms with E-state index < -0.39 is 5.97 Å². The van der Waals surface area contributed by atoms with Crippen LogP contribution >= 0.6 is 12.2 Å². The topological polar surface area (TPSA) is 78.6 Å². The summed E-state index contributed by atoms with van der Waals surface area (Å²) >= 11 is 5.52. The third-order valence-electron chi connectivity index (χ3n) is 4.88. The van der Waals surface area contributed by atoms with E-state index in [1.165, 1.54) is 0 Å². The number of aromatic nitrogens is 1. The molecule has 1 aromatic carbocycles. The lowest BCUT2D eigenvalue weighted by atomic mass is 10.0. The molecule has 0 spiro atoms. The molecule has 0 bridgehead atoms. The normalized spacial score (nSPS) is 18.9. The molecule has 2 N–H and O–H groups in total. The number of carboxylic acids is 1. The van der Waals surface area contributed by atoms with E-state index in [2.05, 4.69) is 15.2 Å². The Kier molecular flexibility index (Phi) is 4.83. The van der Waals surface area contributed by atoms with Crippen LogP contribution in [0, 0.1) is 0 Å². The highest BCUT2D eigenvalue weighted by molar-refractivity contribution is 7.80. The molecule has 0 radical (unpaired) electrons. The summed E-state index contributed by atoms with van der Waals surface area (Å²) in [6, 6.07) is 16.0. The van der Waals surface area contributed by atoms with Gasteiger partial charge in [0.1, 0.15) is 17.6 Å². The van der Waals surface area contributed by atoms with Crippen LogP contribution in [0.25, 0.3) is 11.3 Å². The quantitative estimate of drug-likeness (QED) is 0.634. The maximum absolute atomic E-state index is 11.6. The standard InChI is InChI=1S/C21H19N3O3S/c1-2-24-19(18(23-21(24)28)15-9-5-6-12-22-15)17-11-10-16(27-17)13-7-3-4-8-14(13)20(25)26/h3-12,18-19H,2H2,1H3,(H,23,28)(H,25,26)/t18-,19-/m1/s1. The number of hydrogen-bond acceptors (Lipinski definition) is 4. The number of furan rings is 1. The number of likely N-dealkylation sites (N-methyl/N-ethyl adjacent to an activating group) is 1. The van der Waals surface area contributed by atoms with Gasteiger partial charge in [0.2, 0.25) is 0 Å². The van der Waals surface area contributed by atoms with Crippen LogP contribution in [0.2, 0.25) is 0 Å². The molecule has 142 valence electrons. The van der Waals surface area contributed by atoms with Gasteiger partial charge in [-0.2, -0.15) is 0 Å². The molecule has 1 aliphatic heterocycles. The Labute approximate surface area is 167 Å². The number of rotatable bonds is 5. The zero-order valence-electron chi connectivity index (χ0n) is 15.2. The Morgan fingerprint density at radius 1 is 1.21 bits per heavy atom. The molecule has 0 aliphatic carbocycles. The van der Waals surface area contributed by atoms with E-state index in [1.54, 1.807) is 30.5 Å². The van der Waals surface area contributed by atoms with Crippen molar-refractivity contribution in [2.45, 2.75) is 19.0 Å². The fourth-order valence-corrected chi connectivity index (χ4v) is 3.97. The Morgan fingerprint density at radius 3 is 2.71 bits per heavy atom. The Morgan fingerprint density at radius 2 is 2.00 bits per heavy atom. The van der Waals surface area contributed by atoms with Crippen molar-refractivity contribution in [3.8, 4) is 11.3 Å². The summed E-state index contributed by atoms with van der Waals surface area (Å²) < 4.78 is 6.14. The molecule has 6 nitrogen and oxygen atoms in total. The number of thiocarbonyl (C=S) groups is 1. The van der Waals surface area contributed by atoms with Gasteiger partial charge in [0.15, 0.2) is 5.11 Å². The van der Waals surface area contributed by atoms with Crippen molar-refractivity contribution in [2.24, 2.45) is 0 Å². The predicted octanol–water partition coefficient (Wildman–Crippen LogP) is 4.03. The van der Waals surface area contributed by atoms with Gasteiger partial charge in [-0.25, -0.2) is 4.79 Å². The van der Waals surface area contributed by atoms with Crippen LogP contribution in [0.5, 0.6) is 0 Å². The highest BCUT2D eigenvalue weighted by atomic mass is 32.1. The lowest BCUT2D eigenvalue weighted by Gasteiger charge is -2.24. The number of carbonyl (C=O) groups is 1. The largest absolute Gasteiger partial charge is 0.478 e. The van der Waals surface area contributed by atoms with Crippen LogP contribution in [-0.4, -0.2) is 32.6 Å². The molecule has 3 aromatic rings. The summed E-state index contributed by atoms with van der Waals surface area (Å²) in [6.07, 6.45) is 1.75. The van der Waals surface area contributed by atoms with E-state index in [1.807, 2.05) is 37.3 Å². The Hall–Kier alpha value is -3.19. The first-order valence-electron chi connectivity index (χ1n) is 9.00. The molecule has 1 fully saturated rings. The van der Waals surface area contributed by atoms with Crippen molar-refractivity contribution in [3.63, 3.8) is 0 Å². The van der Waals surface area contributed by atoms with E-state index in [-0.39, 0.29) is 17.6 Å². The lowest BCUT2D eigenvalue weighted by Crippen LogP contribution is -2.29. The Bertz CT molecular complexity index is 1020. The molecule has 1 aliphatic rings. The second-order valence-corrected chi connectivity index (χ2v) is 6.85. The average molecular weight is 393 g/mol. The van der Waals surface area contributed by atoms with Crippen LogP contribution in [0.3, 0.4) is 0 Å². The van der Waals surface area contributed by atoms with E-state index in [9.17, 15) is 9.90 Å². The van der Waals surface area contributed by atoms with Gasteiger partial charge < -0.3 is 19.7 Å². The highest BCUT2D eigenvalue weighted by Gasteiger charge is 2.40. The monoisotopic (exact) mass is 393 g/mol. The number of pyridine rings is 1. The summed E-state index contributed by atoms with van der Waals surface area (Å²) in [5.74, 6) is 0.237. The van der Waals surface area contributed by atoms with Crippen molar-refractivity contribution in [1.82, 2.24) is 15.2 Å². The van der Waals surface area contributed by atoms with Gasteiger partial charge >= 0.3 is 5.97 Å². The van der Waals surface area contributed by atoms with Crippen LogP contribution in [-0.2, 0) is 0 Å². The van der Waals surface area contributed by atoms with E-state index in [0.717, 1.165) is 5.69 Å². The number of hydrogen-bond donors (Lipinski definition) is 2. The molecular weight excluding hydrogens is 374 g/mol. The SMILES string of the molecule is CCN1C(=S)N[C@H](c2ccccn2)[C@H]1c1ccc(-c2ccccc2C(=O)O)o1. The molecule has 1 saturated heterocycles. The summed E-state index contributed by atoms with van der Waals surface area (Å²) in [7, 11) is 0. The number of benzene rings is 1. The number of nitrogens with zero attached hydrogens (tertiary/aromatic N) is 2. The van der Waals surface area contributed by atoms with E-state index >= 15 is 0 Å². The number of carboxylic acid groups (broad SMARTS) is 1. The molecule has 0 saturated carbocycles. The molecule has 0 unspecified atom stereocenters. The minimum absolute atomic E-state index is 0.151. The molecule has 2 aromatic heterocycles. The smallest absolute Gasteiger partial charge is 0.336 e. The van der Waals surface area contributed by atoms with Gasteiger partial charge in [-0.15, -0.1) is 0 Å². The molecular formula is C21H19N3O3S. The maximum Gasteiger partial charge on any atom is 0.336 e. The van der Waals surface area contributed by atoms with Crippen LogP contribution in [0.4, 0.5) is 0 Å². The molecule has 0 amide bonds. The van der Waals surface area contributed by atoms with Crippen LogP contribution in [0.1, 0.15) is 40.8 Å². The highest BCUT2D eigenvalue weighted by Crippen LogP contribution is 2.40. The third kappa shape index (κ3) is 3.14. The van der Waals surface area contributed by atoms with Gasteiger partial charge in [-0.05, 0) is 49.5 Å². The van der Waals surface area contributed by atoms with Gasteiger partial charge in [0, 0.05) is 18.3 Å². The first kappa shape index (κ1) is 18.2. The predicted molar refractivity (Wildman–Crippen MR) is 109 cm³/mol. The van der Waals surface area contributed by atoms with Crippen molar-refractivity contribution in [2.75, 3.05) is 6.54 Å². The lowest BCUT2D eigenvalue weighted by molar-refractivity contribution is 0.0697. The zero-order chi connectivity index (χ0) is 19.7. The van der Waals surface area contributed by atoms with Gasteiger partial charge in [0.05, 0.1) is 17.3 Å². The summed E-state index contributed by atoms with van der Waals surface area (Å²) in [6.45, 7) is 2.74. The van der Waals surface area contributed by atoms with Gasteiger partial charge in [-0.1, -0.05) is 24.3 Å². The second-order valence-electron chi connectivity index (χ2n) is 6.47. The van der Waals surface area contributed by atoms with Crippen molar-refractivity contribution >= 4 is 23.3 Å². The minimum Gasteiger partial charge on any atom is -0.478 e. The maximum atomic E-state index is 11.6. The average Bonchev–Trinajstić information content (AvgIpc) is 3.32. The number of nitrogens with one attached hydrogen (secondary N) is 1. The zero-order valence-corrected chi connectivity index (χ0v) is 16.0. The Balaban J connectivity index is 1.75. The molecule has 28 heavy (non-hydrogen) atoms. The van der Waals surface area contributed by atoms with Crippen molar-refractivity contribution in [1.29, 1.82) is 0 Å². The third-order valence-corrected chi connectivity index (χ3v) is 5.23. The molecule has 7 heteroatoms. The van der Waals surface area contributed by atoms with E-state index in [0.29, 0.717) is 28.7 Å². The van der Waals surface area contributed by atoms with E-state index in [4.69, 9.17) is 16.6 Å². The molecule has 4 rings (SSSR count). The fraction of sp³-hybridized carbons (Fsp3) is 0.190.